The number of carbonyl (C=O) groups excluding carboxylic acids is 1. The Morgan fingerprint density at radius 3 is 2.95 bits per heavy atom. The highest BCUT2D eigenvalue weighted by molar-refractivity contribution is 6.03. The van der Waals surface area contributed by atoms with Gasteiger partial charge in [0.2, 0.25) is 0 Å². The van der Waals surface area contributed by atoms with Crippen molar-refractivity contribution in [2.45, 2.75) is 6.92 Å². The molecule has 0 fully saturated rings. The zero-order valence-corrected chi connectivity index (χ0v) is 12.0. The van der Waals surface area contributed by atoms with E-state index in [-0.39, 0.29) is 5.97 Å². The molecule has 0 aliphatic rings. The molecule has 0 atom stereocenters. The first-order chi connectivity index (χ1) is 10.8. The molecule has 0 unspecified atom stereocenters. The molecule has 0 saturated heterocycles. The Morgan fingerprint density at radius 1 is 1.23 bits per heavy atom. The van der Waals surface area contributed by atoms with Crippen LogP contribution in [0, 0.1) is 0 Å². The first kappa shape index (κ1) is 12.8. The van der Waals surface area contributed by atoms with E-state index in [2.05, 4.69) is 9.97 Å². The SMILES string of the molecule is CCOC(=O)c1cc2cnccc2n2c1nc1ccccc12. The molecule has 0 aliphatic heterocycles. The van der Waals surface area contributed by atoms with Crippen LogP contribution >= 0.6 is 0 Å². The average Bonchev–Trinajstić information content (AvgIpc) is 2.94. The van der Waals surface area contributed by atoms with Gasteiger partial charge in [0.25, 0.3) is 0 Å². The molecule has 0 radical (unpaired) electrons. The Morgan fingerprint density at radius 2 is 2.09 bits per heavy atom. The number of imidazole rings is 1. The van der Waals surface area contributed by atoms with Crippen LogP contribution in [0.15, 0.2) is 48.8 Å². The van der Waals surface area contributed by atoms with Gasteiger partial charge in [-0.15, -0.1) is 0 Å². The van der Waals surface area contributed by atoms with Gasteiger partial charge in [0.15, 0.2) is 5.65 Å². The van der Waals surface area contributed by atoms with E-state index < -0.39 is 0 Å². The number of aromatic nitrogens is 3. The highest BCUT2D eigenvalue weighted by Gasteiger charge is 2.18. The molecule has 5 heteroatoms. The Bertz CT molecular complexity index is 1020. The van der Waals surface area contributed by atoms with Crippen LogP contribution in [0.4, 0.5) is 0 Å². The number of ether oxygens (including phenoxy) is 1. The molecule has 3 aromatic heterocycles. The number of esters is 1. The fraction of sp³-hybridized carbons (Fsp3) is 0.118. The van der Waals surface area contributed by atoms with Gasteiger partial charge < -0.3 is 4.74 Å². The molecule has 5 nitrogen and oxygen atoms in total. The summed E-state index contributed by atoms with van der Waals surface area (Å²) in [5.74, 6) is -0.367. The zero-order valence-electron chi connectivity index (χ0n) is 12.0. The molecule has 108 valence electrons. The van der Waals surface area contributed by atoms with Crippen molar-refractivity contribution in [3.63, 3.8) is 0 Å². The maximum atomic E-state index is 12.3. The van der Waals surface area contributed by atoms with E-state index in [0.29, 0.717) is 17.8 Å². The lowest BCUT2D eigenvalue weighted by atomic mass is 10.2. The van der Waals surface area contributed by atoms with E-state index in [1.807, 2.05) is 34.7 Å². The third-order valence-electron chi connectivity index (χ3n) is 3.67. The molecule has 0 spiro atoms. The second-order valence-corrected chi connectivity index (χ2v) is 4.97. The van der Waals surface area contributed by atoms with Crippen LogP contribution < -0.4 is 0 Å². The van der Waals surface area contributed by atoms with E-state index in [4.69, 9.17) is 4.74 Å². The van der Waals surface area contributed by atoms with Crippen LogP contribution in [0.3, 0.4) is 0 Å². The molecule has 0 bridgehead atoms. The lowest BCUT2D eigenvalue weighted by Gasteiger charge is -2.07. The maximum absolute atomic E-state index is 12.3. The number of pyridine rings is 2. The van der Waals surface area contributed by atoms with Crippen LogP contribution in [0.5, 0.6) is 0 Å². The maximum Gasteiger partial charge on any atom is 0.341 e. The second-order valence-electron chi connectivity index (χ2n) is 4.97. The van der Waals surface area contributed by atoms with Gasteiger partial charge in [0.05, 0.1) is 23.2 Å². The molecule has 0 amide bonds. The summed E-state index contributed by atoms with van der Waals surface area (Å²) in [6, 6.07) is 11.5. The van der Waals surface area contributed by atoms with Crippen molar-refractivity contribution in [3.05, 3.63) is 54.4 Å². The van der Waals surface area contributed by atoms with E-state index in [1.165, 1.54) is 0 Å². The minimum absolute atomic E-state index is 0.330. The highest BCUT2D eigenvalue weighted by Crippen LogP contribution is 2.26. The molecule has 22 heavy (non-hydrogen) atoms. The number of hydrogen-bond donors (Lipinski definition) is 0. The predicted octanol–water partition coefficient (Wildman–Crippen LogP) is 3.21. The van der Waals surface area contributed by atoms with Gasteiger partial charge in [-0.25, -0.2) is 9.78 Å². The van der Waals surface area contributed by atoms with Crippen LogP contribution in [0.1, 0.15) is 17.3 Å². The van der Waals surface area contributed by atoms with E-state index >= 15 is 0 Å². The van der Waals surface area contributed by atoms with Crippen molar-refractivity contribution in [1.29, 1.82) is 0 Å². The van der Waals surface area contributed by atoms with Gasteiger partial charge in [-0.05, 0) is 31.2 Å². The first-order valence-corrected chi connectivity index (χ1v) is 7.10. The Kier molecular flexibility index (Phi) is 2.79. The van der Waals surface area contributed by atoms with Crippen LogP contribution in [-0.2, 0) is 4.74 Å². The number of hydrogen-bond acceptors (Lipinski definition) is 4. The van der Waals surface area contributed by atoms with E-state index in [1.54, 1.807) is 25.4 Å². The molecular formula is C17H13N3O2. The molecule has 4 aromatic rings. The first-order valence-electron chi connectivity index (χ1n) is 7.10. The summed E-state index contributed by atoms with van der Waals surface area (Å²) in [5.41, 5.74) is 3.83. The summed E-state index contributed by atoms with van der Waals surface area (Å²) in [7, 11) is 0. The van der Waals surface area contributed by atoms with Crippen molar-refractivity contribution in [2.24, 2.45) is 0 Å². The van der Waals surface area contributed by atoms with Crippen LogP contribution in [0.2, 0.25) is 0 Å². The minimum atomic E-state index is -0.367. The van der Waals surface area contributed by atoms with Crippen molar-refractivity contribution < 1.29 is 9.53 Å². The molecule has 0 saturated carbocycles. The lowest BCUT2D eigenvalue weighted by Crippen LogP contribution is -2.07. The molecule has 3 heterocycles. The minimum Gasteiger partial charge on any atom is -0.462 e. The molecular weight excluding hydrogens is 278 g/mol. The third kappa shape index (κ3) is 1.75. The number of nitrogens with zero attached hydrogens (tertiary/aromatic N) is 3. The second kappa shape index (κ2) is 4.80. The van der Waals surface area contributed by atoms with Crippen molar-refractivity contribution >= 4 is 33.6 Å². The molecule has 0 N–H and O–H groups in total. The zero-order chi connectivity index (χ0) is 15.1. The third-order valence-corrected chi connectivity index (χ3v) is 3.67. The van der Waals surface area contributed by atoms with Gasteiger partial charge in [-0.1, -0.05) is 12.1 Å². The van der Waals surface area contributed by atoms with Gasteiger partial charge in [-0.3, -0.25) is 9.38 Å². The van der Waals surface area contributed by atoms with Gasteiger partial charge in [0, 0.05) is 17.8 Å². The fourth-order valence-electron chi connectivity index (χ4n) is 2.74. The monoisotopic (exact) mass is 291 g/mol. The Hall–Kier alpha value is -2.95. The van der Waals surface area contributed by atoms with Crippen molar-refractivity contribution in [2.75, 3.05) is 6.61 Å². The van der Waals surface area contributed by atoms with Gasteiger partial charge in [-0.2, -0.15) is 0 Å². The van der Waals surface area contributed by atoms with Gasteiger partial charge in [0.1, 0.15) is 5.56 Å². The molecule has 0 aliphatic carbocycles. The average molecular weight is 291 g/mol. The topological polar surface area (TPSA) is 56.5 Å². The summed E-state index contributed by atoms with van der Waals surface area (Å²) in [6.07, 6.45) is 3.48. The molecule has 4 rings (SSSR count). The van der Waals surface area contributed by atoms with Crippen molar-refractivity contribution in [3.8, 4) is 0 Å². The lowest BCUT2D eigenvalue weighted by molar-refractivity contribution is 0.0528. The highest BCUT2D eigenvalue weighted by atomic mass is 16.5. The number of para-hydroxylation sites is 2. The van der Waals surface area contributed by atoms with E-state index in [0.717, 1.165) is 21.9 Å². The largest absolute Gasteiger partial charge is 0.462 e. The predicted molar refractivity (Wildman–Crippen MR) is 84.0 cm³/mol. The smallest absolute Gasteiger partial charge is 0.341 e. The fourth-order valence-corrected chi connectivity index (χ4v) is 2.74. The summed E-state index contributed by atoms with van der Waals surface area (Å²) in [4.78, 5) is 21.0. The number of benzene rings is 1. The summed E-state index contributed by atoms with van der Waals surface area (Å²) < 4.78 is 7.15. The van der Waals surface area contributed by atoms with Gasteiger partial charge >= 0.3 is 5.97 Å². The Labute approximate surface area is 126 Å². The quantitative estimate of drug-likeness (QED) is 0.532. The summed E-state index contributed by atoms with van der Waals surface area (Å²) in [5, 5.41) is 0.876. The standard InChI is InChI=1S/C17H13N3O2/c1-2-22-17(21)12-9-11-10-18-8-7-14(11)20-15-6-4-3-5-13(15)19-16(12)20/h3-10H,2H2,1H3. The number of carbonyl (C=O) groups is 1. The number of fused-ring (bicyclic) bond motifs is 5. The van der Waals surface area contributed by atoms with Crippen molar-refractivity contribution in [1.82, 2.24) is 14.4 Å². The summed E-state index contributed by atoms with van der Waals surface area (Å²) >= 11 is 0. The summed E-state index contributed by atoms with van der Waals surface area (Å²) in [6.45, 7) is 2.12. The number of rotatable bonds is 2. The van der Waals surface area contributed by atoms with Crippen LogP contribution in [0.25, 0.3) is 27.6 Å². The van der Waals surface area contributed by atoms with E-state index in [9.17, 15) is 4.79 Å². The normalized spacial score (nSPS) is 11.3. The molecule has 1 aromatic carbocycles. The Balaban J connectivity index is 2.21. The van der Waals surface area contributed by atoms with Crippen LogP contribution in [-0.4, -0.2) is 26.9 Å².